The molecule has 7 heteroatoms. The van der Waals surface area contributed by atoms with Gasteiger partial charge in [-0.1, -0.05) is 52.7 Å². The first kappa shape index (κ1) is 16.1. The first-order valence-corrected chi connectivity index (χ1v) is 9.49. The van der Waals surface area contributed by atoms with E-state index < -0.39 is 14.1 Å². The highest BCUT2D eigenvalue weighted by Gasteiger charge is 2.23. The average molecular weight is 373 g/mol. The third kappa shape index (κ3) is 5.38. The van der Waals surface area contributed by atoms with Crippen LogP contribution in [0.4, 0.5) is 5.69 Å². The summed E-state index contributed by atoms with van der Waals surface area (Å²) < 4.78 is 25.3. The fourth-order valence-corrected chi connectivity index (χ4v) is 4.23. The summed E-state index contributed by atoms with van der Waals surface area (Å²) in [6, 6.07) is 8.73. The van der Waals surface area contributed by atoms with Crippen LogP contribution in [0.15, 0.2) is 30.3 Å². The Hall–Kier alpha value is 0.0900. The minimum Gasteiger partial charge on any atom is -0.282 e. The van der Waals surface area contributed by atoms with E-state index in [-0.39, 0.29) is 0 Å². The highest BCUT2D eigenvalue weighted by molar-refractivity contribution is 9.09. The third-order valence-electron chi connectivity index (χ3n) is 2.05. The molecule has 2 unspecified atom stereocenters. The highest BCUT2D eigenvalue weighted by atomic mass is 79.9. The Morgan fingerprint density at radius 3 is 2.56 bits per heavy atom. The Bertz CT molecular complexity index is 455. The van der Waals surface area contributed by atoms with E-state index >= 15 is 0 Å². The van der Waals surface area contributed by atoms with Crippen LogP contribution in [0, 0.1) is 5.92 Å². The van der Waals surface area contributed by atoms with Crippen molar-refractivity contribution in [1.82, 2.24) is 0 Å². The van der Waals surface area contributed by atoms with Crippen LogP contribution >= 0.6 is 39.3 Å². The molecule has 0 heterocycles. The van der Waals surface area contributed by atoms with Crippen molar-refractivity contribution < 1.29 is 8.42 Å². The molecule has 0 aliphatic carbocycles. The number of hydrogen-bond donors (Lipinski definition) is 1. The molecule has 2 atom stereocenters. The summed E-state index contributed by atoms with van der Waals surface area (Å²) in [5.41, 5.74) is 0.525. The highest BCUT2D eigenvalue weighted by Crippen LogP contribution is 2.25. The minimum absolute atomic E-state index is 0.378. The number of thioether (sulfide) groups is 1. The number of hydrogen-bond acceptors (Lipinski definition) is 3. The van der Waals surface area contributed by atoms with Crippen LogP contribution in [-0.2, 0) is 10.0 Å². The zero-order valence-corrected chi connectivity index (χ0v) is 13.8. The second-order valence-electron chi connectivity index (χ2n) is 3.88. The van der Waals surface area contributed by atoms with E-state index in [1.165, 1.54) is 11.8 Å². The van der Waals surface area contributed by atoms with Gasteiger partial charge in [-0.05, 0) is 23.8 Å². The Balaban J connectivity index is 2.58. The van der Waals surface area contributed by atoms with Crippen LogP contribution in [0.25, 0.3) is 0 Å². The van der Waals surface area contributed by atoms with Crippen LogP contribution in [0.3, 0.4) is 0 Å². The van der Waals surface area contributed by atoms with E-state index in [0.717, 1.165) is 5.33 Å². The molecule has 0 saturated heterocycles. The number of para-hydroxylation sites is 1. The lowest BCUT2D eigenvalue weighted by atomic mass is 10.3. The third-order valence-corrected chi connectivity index (χ3v) is 7.44. The second kappa shape index (κ2) is 7.62. The van der Waals surface area contributed by atoms with Gasteiger partial charge in [0.25, 0.3) is 10.0 Å². The topological polar surface area (TPSA) is 46.2 Å². The maximum absolute atomic E-state index is 11.9. The summed E-state index contributed by atoms with van der Waals surface area (Å²) in [5, 5.41) is 0.829. The van der Waals surface area contributed by atoms with Gasteiger partial charge in [-0.3, -0.25) is 4.72 Å². The summed E-state index contributed by atoms with van der Waals surface area (Å²) >= 11 is 10.5. The van der Waals surface area contributed by atoms with E-state index in [1.54, 1.807) is 24.3 Å². The van der Waals surface area contributed by atoms with E-state index in [0.29, 0.717) is 17.4 Å². The van der Waals surface area contributed by atoms with E-state index in [2.05, 4.69) is 20.7 Å². The summed E-state index contributed by atoms with van der Waals surface area (Å²) in [5.74, 6) is 1.07. The van der Waals surface area contributed by atoms with Crippen molar-refractivity contribution in [3.63, 3.8) is 0 Å². The van der Waals surface area contributed by atoms with Gasteiger partial charge in [0, 0.05) is 11.0 Å². The van der Waals surface area contributed by atoms with E-state index in [4.69, 9.17) is 11.6 Å². The lowest BCUT2D eigenvalue weighted by Gasteiger charge is -2.14. The SMILES string of the molecule is CC(CBr)CSC(Cl)S(=O)(=O)Nc1ccccc1. The molecular weight excluding hydrogens is 358 g/mol. The van der Waals surface area contributed by atoms with Crippen molar-refractivity contribution in [3.05, 3.63) is 30.3 Å². The molecule has 18 heavy (non-hydrogen) atoms. The van der Waals surface area contributed by atoms with Crippen LogP contribution in [0.2, 0.25) is 0 Å². The maximum Gasteiger partial charge on any atom is 0.259 e. The fraction of sp³-hybridized carbons (Fsp3) is 0.455. The number of nitrogens with one attached hydrogen (secondary N) is 1. The van der Waals surface area contributed by atoms with Gasteiger partial charge in [0.2, 0.25) is 0 Å². The molecule has 0 fully saturated rings. The molecule has 0 saturated carbocycles. The number of halogens is 2. The number of rotatable bonds is 7. The Labute approximate surface area is 126 Å². The minimum atomic E-state index is -3.55. The monoisotopic (exact) mass is 371 g/mol. The number of sulfonamides is 1. The van der Waals surface area contributed by atoms with Crippen LogP contribution in [0.1, 0.15) is 6.92 Å². The van der Waals surface area contributed by atoms with Crippen LogP contribution in [0.5, 0.6) is 0 Å². The predicted molar refractivity (Wildman–Crippen MR) is 84.0 cm³/mol. The average Bonchev–Trinajstić information content (AvgIpc) is 2.36. The molecule has 1 rings (SSSR count). The van der Waals surface area contributed by atoms with Gasteiger partial charge in [0.05, 0.1) is 0 Å². The molecule has 3 nitrogen and oxygen atoms in total. The molecular formula is C11H15BrClNO2S2. The second-order valence-corrected chi connectivity index (χ2v) is 8.68. The normalized spacial score (nSPS) is 15.1. The predicted octanol–water partition coefficient (Wildman–Crippen LogP) is 3.71. The quantitative estimate of drug-likeness (QED) is 0.742. The van der Waals surface area contributed by atoms with E-state index in [9.17, 15) is 8.42 Å². The summed E-state index contributed by atoms with van der Waals surface area (Å²) in [6.07, 6.45) is 0. The zero-order chi connectivity index (χ0) is 13.6. The van der Waals surface area contributed by atoms with Crippen molar-refractivity contribution in [3.8, 4) is 0 Å². The molecule has 0 spiro atoms. The molecule has 0 aliphatic rings. The summed E-state index contributed by atoms with van der Waals surface area (Å²) in [6.45, 7) is 2.03. The maximum atomic E-state index is 11.9. The lowest BCUT2D eigenvalue weighted by Crippen LogP contribution is -2.22. The zero-order valence-electron chi connectivity index (χ0n) is 9.84. The Kier molecular flexibility index (Phi) is 6.84. The number of alkyl halides is 2. The summed E-state index contributed by atoms with van der Waals surface area (Å²) in [7, 11) is -3.55. The Morgan fingerprint density at radius 1 is 1.39 bits per heavy atom. The number of benzene rings is 1. The van der Waals surface area contributed by atoms with Gasteiger partial charge < -0.3 is 0 Å². The van der Waals surface area contributed by atoms with Crippen LogP contribution < -0.4 is 4.72 Å². The molecule has 102 valence electrons. The van der Waals surface area contributed by atoms with Gasteiger partial charge >= 0.3 is 0 Å². The van der Waals surface area contributed by atoms with Crippen molar-refractivity contribution in [2.45, 2.75) is 11.0 Å². The number of anilines is 1. The summed E-state index contributed by atoms with van der Waals surface area (Å²) in [4.78, 5) is 0. The molecule has 1 aromatic rings. The van der Waals surface area contributed by atoms with Gasteiger partial charge in [0.1, 0.15) is 0 Å². The van der Waals surface area contributed by atoms with Crippen molar-refractivity contribution in [2.75, 3.05) is 15.8 Å². The van der Waals surface area contributed by atoms with E-state index in [1.807, 2.05) is 13.0 Å². The first-order chi connectivity index (χ1) is 8.45. The molecule has 0 aromatic heterocycles. The van der Waals surface area contributed by atoms with Gasteiger partial charge in [-0.25, -0.2) is 8.42 Å². The van der Waals surface area contributed by atoms with Gasteiger partial charge in [-0.2, -0.15) is 0 Å². The van der Waals surface area contributed by atoms with Gasteiger partial charge in [-0.15, -0.1) is 11.8 Å². The Morgan fingerprint density at radius 2 is 2.00 bits per heavy atom. The standard InChI is InChI=1S/C11H15BrClNO2S2/c1-9(7-12)8-17-11(13)18(15,16)14-10-5-3-2-4-6-10/h2-6,9,11,14H,7-8H2,1H3. The van der Waals surface area contributed by atoms with Crippen molar-refractivity contribution >= 4 is 55.0 Å². The molecule has 1 aromatic carbocycles. The molecule has 0 amide bonds. The smallest absolute Gasteiger partial charge is 0.259 e. The fourth-order valence-electron chi connectivity index (χ4n) is 1.09. The molecule has 0 radical (unpaired) electrons. The molecule has 1 N–H and O–H groups in total. The molecule has 0 aliphatic heterocycles. The first-order valence-electron chi connectivity index (χ1n) is 5.34. The van der Waals surface area contributed by atoms with Gasteiger partial charge in [0.15, 0.2) is 4.04 Å². The molecule has 0 bridgehead atoms. The van der Waals surface area contributed by atoms with Crippen LogP contribution in [-0.4, -0.2) is 23.5 Å². The lowest BCUT2D eigenvalue weighted by molar-refractivity contribution is 0.604. The van der Waals surface area contributed by atoms with Crippen molar-refractivity contribution in [1.29, 1.82) is 0 Å². The van der Waals surface area contributed by atoms with Crippen molar-refractivity contribution in [2.24, 2.45) is 5.92 Å². The largest absolute Gasteiger partial charge is 0.282 e.